The van der Waals surface area contributed by atoms with Crippen molar-refractivity contribution in [3.05, 3.63) is 69.7 Å². The molecule has 2 saturated heterocycles. The lowest BCUT2D eigenvalue weighted by Crippen LogP contribution is -2.42. The number of hydrogen-bond acceptors (Lipinski definition) is 6. The summed E-state index contributed by atoms with van der Waals surface area (Å²) in [5.41, 5.74) is 2.13. The fourth-order valence-electron chi connectivity index (χ4n) is 4.23. The Morgan fingerprint density at radius 2 is 1.76 bits per heavy atom. The second-order valence-electron chi connectivity index (χ2n) is 8.55. The number of morpholine rings is 1. The normalized spacial score (nSPS) is 17.2. The van der Waals surface area contributed by atoms with Crippen molar-refractivity contribution >= 4 is 73.3 Å². The average Bonchev–Trinajstić information content (AvgIpc) is 3.37. The lowest BCUT2D eigenvalue weighted by Gasteiger charge is -2.27. The van der Waals surface area contributed by atoms with Crippen LogP contribution in [0.15, 0.2) is 64.1 Å². The molecule has 5 rings (SSSR count). The number of ether oxygens (including phenoxy) is 1. The molecule has 0 unspecified atom stereocenters. The third-order valence-corrected chi connectivity index (χ3v) is 7.51. The fourth-order valence-corrected chi connectivity index (χ4v) is 5.33. The van der Waals surface area contributed by atoms with Gasteiger partial charge in [0, 0.05) is 45.9 Å². The maximum absolute atomic E-state index is 13.0. The Kier molecular flexibility index (Phi) is 7.45. The van der Waals surface area contributed by atoms with E-state index in [0.717, 1.165) is 37.6 Å². The maximum atomic E-state index is 13.0. The second-order valence-corrected chi connectivity index (χ2v) is 10.5. The first-order valence-electron chi connectivity index (χ1n) is 11.6. The van der Waals surface area contributed by atoms with Crippen LogP contribution in [-0.4, -0.2) is 70.2 Å². The molecule has 2 aromatic carbocycles. The number of benzene rings is 2. The summed E-state index contributed by atoms with van der Waals surface area (Å²) in [6, 6.07) is 14.6. The Balaban J connectivity index is 1.33. The van der Waals surface area contributed by atoms with Gasteiger partial charge in [0.2, 0.25) is 11.8 Å². The van der Waals surface area contributed by atoms with Crippen molar-refractivity contribution in [2.24, 2.45) is 0 Å². The molecule has 1 aromatic heterocycles. The summed E-state index contributed by atoms with van der Waals surface area (Å²) in [4.78, 5) is 53.9. The van der Waals surface area contributed by atoms with Crippen LogP contribution in [0.4, 0.5) is 10.5 Å². The van der Waals surface area contributed by atoms with Gasteiger partial charge < -0.3 is 19.5 Å². The van der Waals surface area contributed by atoms with Gasteiger partial charge in [0.1, 0.15) is 13.1 Å². The number of imide groups is 1. The van der Waals surface area contributed by atoms with Gasteiger partial charge in [-0.2, -0.15) is 0 Å². The van der Waals surface area contributed by atoms with E-state index in [1.807, 2.05) is 35.0 Å². The predicted molar refractivity (Wildman–Crippen MR) is 145 cm³/mol. The first-order chi connectivity index (χ1) is 17.9. The number of para-hydroxylation sites is 1. The van der Waals surface area contributed by atoms with E-state index in [4.69, 9.17) is 4.74 Å². The van der Waals surface area contributed by atoms with Crippen LogP contribution in [0.2, 0.25) is 0 Å². The molecule has 1 N–H and O–H groups in total. The average molecular weight is 583 g/mol. The van der Waals surface area contributed by atoms with Crippen molar-refractivity contribution in [1.29, 1.82) is 0 Å². The van der Waals surface area contributed by atoms with Crippen molar-refractivity contribution in [3.63, 3.8) is 0 Å². The number of fused-ring (bicyclic) bond motifs is 1. The molecule has 0 saturated carbocycles. The number of thioether (sulfide) groups is 1. The molecule has 2 aliphatic rings. The van der Waals surface area contributed by atoms with Gasteiger partial charge in [-0.05, 0) is 48.2 Å². The minimum Gasteiger partial charge on any atom is -0.378 e. The van der Waals surface area contributed by atoms with Crippen LogP contribution in [0.1, 0.15) is 5.56 Å². The van der Waals surface area contributed by atoms with Gasteiger partial charge in [-0.3, -0.25) is 24.1 Å². The molecular weight excluding hydrogens is 560 g/mol. The molecule has 9 nitrogen and oxygen atoms in total. The maximum Gasteiger partial charge on any atom is 0.294 e. The largest absolute Gasteiger partial charge is 0.378 e. The number of aromatic nitrogens is 1. The van der Waals surface area contributed by atoms with Gasteiger partial charge >= 0.3 is 0 Å². The molecule has 3 aromatic rings. The number of rotatable bonds is 6. The predicted octanol–water partition coefficient (Wildman–Crippen LogP) is 3.94. The van der Waals surface area contributed by atoms with Crippen LogP contribution in [0.25, 0.3) is 17.0 Å². The Morgan fingerprint density at radius 3 is 2.51 bits per heavy atom. The van der Waals surface area contributed by atoms with Gasteiger partial charge in [-0.1, -0.05) is 34.1 Å². The fraction of sp³-hybridized carbons (Fsp3) is 0.231. The second kappa shape index (κ2) is 10.9. The first kappa shape index (κ1) is 25.2. The Hall–Kier alpha value is -3.41. The minimum absolute atomic E-state index is 0.00675. The van der Waals surface area contributed by atoms with Crippen LogP contribution in [-0.2, 0) is 25.7 Å². The third kappa shape index (κ3) is 5.63. The van der Waals surface area contributed by atoms with Gasteiger partial charge in [-0.15, -0.1) is 0 Å². The van der Waals surface area contributed by atoms with Crippen LogP contribution >= 0.6 is 27.7 Å². The van der Waals surface area contributed by atoms with Crippen molar-refractivity contribution < 1.29 is 23.9 Å². The molecule has 2 aliphatic heterocycles. The number of hydrogen-bond donors (Lipinski definition) is 1. The van der Waals surface area contributed by atoms with E-state index in [1.165, 1.54) is 0 Å². The third-order valence-electron chi connectivity index (χ3n) is 6.08. The van der Waals surface area contributed by atoms with Crippen molar-refractivity contribution in [2.45, 2.75) is 6.54 Å². The molecule has 190 valence electrons. The van der Waals surface area contributed by atoms with E-state index in [0.29, 0.717) is 32.0 Å². The molecular formula is C26H23BrN4O5S. The highest BCUT2D eigenvalue weighted by Crippen LogP contribution is 2.34. The van der Waals surface area contributed by atoms with Crippen LogP contribution in [0, 0.1) is 0 Å². The Morgan fingerprint density at radius 1 is 1.03 bits per heavy atom. The van der Waals surface area contributed by atoms with Gasteiger partial charge in [-0.25, -0.2) is 0 Å². The van der Waals surface area contributed by atoms with Crippen LogP contribution < -0.4 is 5.32 Å². The summed E-state index contributed by atoms with van der Waals surface area (Å²) in [6.45, 7) is 1.96. The highest BCUT2D eigenvalue weighted by Gasteiger charge is 2.36. The summed E-state index contributed by atoms with van der Waals surface area (Å²) < 4.78 is 8.06. The lowest BCUT2D eigenvalue weighted by atomic mass is 10.1. The number of nitrogens with zero attached hydrogens (tertiary/aromatic N) is 3. The molecule has 11 heteroatoms. The van der Waals surface area contributed by atoms with Gasteiger partial charge in [0.25, 0.3) is 11.1 Å². The Bertz CT molecular complexity index is 1410. The van der Waals surface area contributed by atoms with Crippen molar-refractivity contribution in [3.8, 4) is 0 Å². The number of amides is 4. The SMILES string of the molecule is O=C(CN1C(=O)SC(=Cc2cn(CC(=O)N3CCOCC3)c3ccccc23)C1=O)Nc1ccc(Br)cc1. The minimum atomic E-state index is -0.526. The smallest absolute Gasteiger partial charge is 0.294 e. The van der Waals surface area contributed by atoms with E-state index in [2.05, 4.69) is 21.2 Å². The molecule has 0 aliphatic carbocycles. The quantitative estimate of drug-likeness (QED) is 0.442. The monoisotopic (exact) mass is 582 g/mol. The van der Waals surface area contributed by atoms with Crippen molar-refractivity contribution in [1.82, 2.24) is 14.4 Å². The molecule has 0 radical (unpaired) electrons. The zero-order valence-electron chi connectivity index (χ0n) is 19.7. The number of halogens is 1. The Labute approximate surface area is 225 Å². The summed E-state index contributed by atoms with van der Waals surface area (Å²) in [7, 11) is 0. The molecule has 0 atom stereocenters. The standard InChI is InChI=1S/C26H23BrN4O5S/c27-18-5-7-19(8-6-18)28-23(32)15-31-25(34)22(37-26(31)35)13-17-14-30(21-4-2-1-3-20(17)21)16-24(33)29-9-11-36-12-10-29/h1-8,13-14H,9-12,15-16H2,(H,28,32). The first-order valence-corrected chi connectivity index (χ1v) is 13.2. The zero-order valence-corrected chi connectivity index (χ0v) is 22.1. The van der Waals surface area contributed by atoms with E-state index in [9.17, 15) is 19.2 Å². The van der Waals surface area contributed by atoms with Crippen LogP contribution in [0.5, 0.6) is 0 Å². The molecule has 37 heavy (non-hydrogen) atoms. The summed E-state index contributed by atoms with van der Waals surface area (Å²) in [5.74, 6) is -1.00. The van der Waals surface area contributed by atoms with Crippen LogP contribution in [0.3, 0.4) is 0 Å². The molecule has 0 spiro atoms. The highest BCUT2D eigenvalue weighted by molar-refractivity contribution is 9.10. The summed E-state index contributed by atoms with van der Waals surface area (Å²) >= 11 is 4.13. The van der Waals surface area contributed by atoms with Crippen molar-refractivity contribution in [2.75, 3.05) is 38.2 Å². The summed E-state index contributed by atoms with van der Waals surface area (Å²) in [5, 5.41) is 3.04. The van der Waals surface area contributed by atoms with Gasteiger partial charge in [0.05, 0.1) is 18.1 Å². The number of carbonyl (C=O) groups excluding carboxylic acids is 4. The number of nitrogens with one attached hydrogen (secondary N) is 1. The molecule has 3 heterocycles. The number of anilines is 1. The van der Waals surface area contributed by atoms with E-state index < -0.39 is 17.1 Å². The van der Waals surface area contributed by atoms with Gasteiger partial charge in [0.15, 0.2) is 0 Å². The topological polar surface area (TPSA) is 101 Å². The molecule has 0 bridgehead atoms. The number of carbonyl (C=O) groups is 4. The molecule has 4 amide bonds. The zero-order chi connectivity index (χ0) is 25.9. The van der Waals surface area contributed by atoms with E-state index in [-0.39, 0.29) is 23.9 Å². The highest BCUT2D eigenvalue weighted by atomic mass is 79.9. The lowest BCUT2D eigenvalue weighted by molar-refractivity contribution is -0.135. The van der Waals surface area contributed by atoms with E-state index >= 15 is 0 Å². The summed E-state index contributed by atoms with van der Waals surface area (Å²) in [6.07, 6.45) is 3.47. The molecule has 2 fully saturated rings. The van der Waals surface area contributed by atoms with E-state index in [1.54, 1.807) is 35.2 Å².